The number of nitrogens with two attached hydrogens (primary N) is 1. The average Bonchev–Trinajstić information content (AvgIpc) is 2.13. The van der Waals surface area contributed by atoms with Crippen LogP contribution in [0.2, 0.25) is 0 Å². The molecule has 0 saturated heterocycles. The first-order valence-electron chi connectivity index (χ1n) is 6.03. The van der Waals surface area contributed by atoms with Gasteiger partial charge in [0.15, 0.2) is 0 Å². The van der Waals surface area contributed by atoms with E-state index in [-0.39, 0.29) is 5.91 Å². The summed E-state index contributed by atoms with van der Waals surface area (Å²) in [5, 5.41) is 3.27. The number of hydrogen-bond acceptors (Lipinski definition) is 2. The van der Waals surface area contributed by atoms with Gasteiger partial charge in [-0.1, -0.05) is 18.6 Å². The van der Waals surface area contributed by atoms with Crippen molar-refractivity contribution in [1.82, 2.24) is 5.32 Å². The zero-order valence-corrected chi connectivity index (χ0v) is 10.8. The first kappa shape index (κ1) is 13.2. The molecule has 0 fully saturated rings. The Kier molecular flexibility index (Phi) is 4.14. The van der Waals surface area contributed by atoms with E-state index >= 15 is 0 Å². The molecule has 1 rings (SSSR count). The molecule has 3 N–H and O–H groups in total. The molecule has 2 unspecified atom stereocenters. The van der Waals surface area contributed by atoms with Gasteiger partial charge in [-0.15, -0.1) is 0 Å². The predicted octanol–water partition coefficient (Wildman–Crippen LogP) is 1.83. The van der Waals surface area contributed by atoms with Gasteiger partial charge in [0.1, 0.15) is 0 Å². The fraction of sp³-hybridized carbons (Fsp3) is 0.769. The number of primary amides is 1. The molecular formula is C13H24N2O. The van der Waals surface area contributed by atoms with E-state index in [2.05, 4.69) is 25.2 Å². The number of rotatable bonds is 4. The zero-order valence-electron chi connectivity index (χ0n) is 10.8. The minimum absolute atomic E-state index is 0.288. The van der Waals surface area contributed by atoms with Crippen molar-refractivity contribution in [3.8, 4) is 0 Å². The molecule has 92 valence electrons. The summed E-state index contributed by atoms with van der Waals surface area (Å²) in [6, 6.07) is 0. The van der Waals surface area contributed by atoms with Gasteiger partial charge in [0.25, 0.3) is 0 Å². The first-order valence-corrected chi connectivity index (χ1v) is 6.03. The molecule has 1 aliphatic carbocycles. The number of nitrogens with one attached hydrogen (secondary N) is 1. The molecule has 0 aliphatic heterocycles. The van der Waals surface area contributed by atoms with Gasteiger partial charge in [0, 0.05) is 0 Å². The van der Waals surface area contributed by atoms with Crippen LogP contribution >= 0.6 is 0 Å². The highest BCUT2D eigenvalue weighted by atomic mass is 16.1. The third kappa shape index (κ3) is 3.63. The molecule has 3 heteroatoms. The highest BCUT2D eigenvalue weighted by molar-refractivity contribution is 5.83. The van der Waals surface area contributed by atoms with E-state index in [1.807, 2.05) is 13.8 Å². The quantitative estimate of drug-likeness (QED) is 0.716. The number of carbonyl (C=O) groups is 1. The van der Waals surface area contributed by atoms with Crippen LogP contribution in [0.1, 0.15) is 40.5 Å². The summed E-state index contributed by atoms with van der Waals surface area (Å²) < 4.78 is 0. The second-order valence-corrected chi connectivity index (χ2v) is 5.67. The van der Waals surface area contributed by atoms with Gasteiger partial charge < -0.3 is 11.1 Å². The van der Waals surface area contributed by atoms with Crippen molar-refractivity contribution in [3.63, 3.8) is 0 Å². The van der Waals surface area contributed by atoms with Gasteiger partial charge in [-0.2, -0.15) is 0 Å². The Morgan fingerprint density at radius 2 is 2.25 bits per heavy atom. The van der Waals surface area contributed by atoms with Crippen molar-refractivity contribution in [2.75, 3.05) is 6.54 Å². The molecule has 1 amide bonds. The monoisotopic (exact) mass is 224 g/mol. The molecule has 0 aromatic rings. The molecule has 2 atom stereocenters. The third-order valence-corrected chi connectivity index (χ3v) is 3.33. The second kappa shape index (κ2) is 5.00. The Bertz CT molecular complexity index is 294. The minimum atomic E-state index is -0.599. The van der Waals surface area contributed by atoms with E-state index < -0.39 is 5.54 Å². The number of hydrogen-bond donors (Lipinski definition) is 2. The molecule has 1 aliphatic rings. The Morgan fingerprint density at radius 3 is 2.75 bits per heavy atom. The molecule has 0 saturated carbocycles. The Hall–Kier alpha value is -0.830. The fourth-order valence-corrected chi connectivity index (χ4v) is 2.33. The van der Waals surface area contributed by atoms with Gasteiger partial charge >= 0.3 is 0 Å². The van der Waals surface area contributed by atoms with Crippen molar-refractivity contribution < 1.29 is 4.79 Å². The van der Waals surface area contributed by atoms with Gasteiger partial charge in [0.2, 0.25) is 5.91 Å². The van der Waals surface area contributed by atoms with Gasteiger partial charge in [-0.05, 0) is 52.0 Å². The Balaban J connectivity index is 2.45. The van der Waals surface area contributed by atoms with Gasteiger partial charge in [0.05, 0.1) is 5.54 Å². The summed E-state index contributed by atoms with van der Waals surface area (Å²) in [5.74, 6) is 0.986. The van der Waals surface area contributed by atoms with E-state index in [0.29, 0.717) is 11.8 Å². The van der Waals surface area contributed by atoms with Crippen molar-refractivity contribution in [2.45, 2.75) is 46.1 Å². The van der Waals surface area contributed by atoms with E-state index in [9.17, 15) is 4.79 Å². The number of amides is 1. The molecule has 0 radical (unpaired) electrons. The summed E-state index contributed by atoms with van der Waals surface area (Å²) in [7, 11) is 0. The smallest absolute Gasteiger partial charge is 0.237 e. The van der Waals surface area contributed by atoms with Crippen LogP contribution in [-0.4, -0.2) is 18.0 Å². The molecule has 0 aromatic heterocycles. The molecule has 3 nitrogen and oxygen atoms in total. The van der Waals surface area contributed by atoms with Crippen LogP contribution < -0.4 is 11.1 Å². The Labute approximate surface area is 98.5 Å². The number of carbonyl (C=O) groups excluding carboxylic acids is 1. The van der Waals surface area contributed by atoms with Gasteiger partial charge in [-0.3, -0.25) is 4.79 Å². The highest BCUT2D eigenvalue weighted by Gasteiger charge is 2.26. The molecule has 0 aromatic carbocycles. The zero-order chi connectivity index (χ0) is 12.3. The standard InChI is InChI=1S/C13H24N2O/c1-9-5-10(2)7-11(6-9)8-15-13(3,4)12(14)16/h5,9,11,15H,6-8H2,1-4H3,(H2,14,16). The maximum Gasteiger partial charge on any atom is 0.237 e. The SMILES string of the molecule is CC1=CC(C)CC(CNC(C)(C)C(N)=O)C1. The maximum atomic E-state index is 11.2. The van der Waals surface area contributed by atoms with Crippen molar-refractivity contribution in [2.24, 2.45) is 17.6 Å². The second-order valence-electron chi connectivity index (χ2n) is 5.67. The van der Waals surface area contributed by atoms with Crippen LogP contribution in [0.25, 0.3) is 0 Å². The lowest BCUT2D eigenvalue weighted by molar-refractivity contribution is -0.123. The van der Waals surface area contributed by atoms with Crippen LogP contribution in [0, 0.1) is 11.8 Å². The normalized spacial score (nSPS) is 26.4. The average molecular weight is 224 g/mol. The first-order chi connectivity index (χ1) is 7.31. The summed E-state index contributed by atoms with van der Waals surface area (Å²) in [4.78, 5) is 11.2. The summed E-state index contributed by atoms with van der Waals surface area (Å²) in [5.41, 5.74) is 6.19. The molecule has 0 spiro atoms. The molecule has 0 heterocycles. The maximum absolute atomic E-state index is 11.2. The van der Waals surface area contributed by atoms with Crippen molar-refractivity contribution in [1.29, 1.82) is 0 Å². The predicted molar refractivity (Wildman–Crippen MR) is 66.9 cm³/mol. The molecule has 0 bridgehead atoms. The summed E-state index contributed by atoms with van der Waals surface area (Å²) in [6.45, 7) is 8.97. The topological polar surface area (TPSA) is 55.1 Å². The highest BCUT2D eigenvalue weighted by Crippen LogP contribution is 2.27. The van der Waals surface area contributed by atoms with Crippen molar-refractivity contribution in [3.05, 3.63) is 11.6 Å². The minimum Gasteiger partial charge on any atom is -0.368 e. The van der Waals surface area contributed by atoms with Crippen LogP contribution in [0.3, 0.4) is 0 Å². The number of allylic oxidation sites excluding steroid dienone is 2. The van der Waals surface area contributed by atoms with E-state index in [4.69, 9.17) is 5.73 Å². The summed E-state index contributed by atoms with van der Waals surface area (Å²) in [6.07, 6.45) is 4.67. The lowest BCUT2D eigenvalue weighted by atomic mass is 9.83. The van der Waals surface area contributed by atoms with Crippen LogP contribution in [0.4, 0.5) is 0 Å². The Morgan fingerprint density at radius 1 is 1.62 bits per heavy atom. The third-order valence-electron chi connectivity index (χ3n) is 3.33. The van der Waals surface area contributed by atoms with Crippen LogP contribution in [0.5, 0.6) is 0 Å². The van der Waals surface area contributed by atoms with E-state index in [0.717, 1.165) is 13.0 Å². The largest absolute Gasteiger partial charge is 0.368 e. The fourth-order valence-electron chi connectivity index (χ4n) is 2.33. The van der Waals surface area contributed by atoms with E-state index in [1.54, 1.807) is 0 Å². The summed E-state index contributed by atoms with van der Waals surface area (Å²) >= 11 is 0. The van der Waals surface area contributed by atoms with Crippen LogP contribution in [0.15, 0.2) is 11.6 Å². The van der Waals surface area contributed by atoms with Crippen LogP contribution in [-0.2, 0) is 4.79 Å². The molecular weight excluding hydrogens is 200 g/mol. The molecule has 16 heavy (non-hydrogen) atoms. The lowest BCUT2D eigenvalue weighted by Crippen LogP contribution is -2.52. The lowest BCUT2D eigenvalue weighted by Gasteiger charge is -2.30. The van der Waals surface area contributed by atoms with Gasteiger partial charge in [-0.25, -0.2) is 0 Å². The van der Waals surface area contributed by atoms with Crippen molar-refractivity contribution >= 4 is 5.91 Å². The van der Waals surface area contributed by atoms with E-state index in [1.165, 1.54) is 12.0 Å².